The van der Waals surface area contributed by atoms with E-state index in [0.717, 1.165) is 17.9 Å². The zero-order valence-corrected chi connectivity index (χ0v) is 11.1. The van der Waals surface area contributed by atoms with Crippen molar-refractivity contribution in [3.8, 4) is 5.75 Å². The summed E-state index contributed by atoms with van der Waals surface area (Å²) in [6, 6.07) is 6.28. The van der Waals surface area contributed by atoms with Gasteiger partial charge in [0.25, 0.3) is 5.91 Å². The third kappa shape index (κ3) is 2.48. The Balaban J connectivity index is 2.29. The van der Waals surface area contributed by atoms with Gasteiger partial charge in [0.05, 0.1) is 5.69 Å². The van der Waals surface area contributed by atoms with Crippen LogP contribution in [0.15, 0.2) is 18.2 Å². The molecule has 2 unspecified atom stereocenters. The first-order valence-corrected chi connectivity index (χ1v) is 6.39. The lowest BCUT2D eigenvalue weighted by Gasteiger charge is -2.25. The molecule has 0 saturated heterocycles. The van der Waals surface area contributed by atoms with E-state index in [2.05, 4.69) is 30.5 Å². The van der Waals surface area contributed by atoms with Crippen molar-refractivity contribution in [1.82, 2.24) is 5.32 Å². The number of amides is 1. The monoisotopic (exact) mass is 248 g/mol. The van der Waals surface area contributed by atoms with Crippen LogP contribution in [0.5, 0.6) is 5.75 Å². The summed E-state index contributed by atoms with van der Waals surface area (Å²) in [5.74, 6) is 1.19. The molecule has 0 spiro atoms. The Morgan fingerprint density at radius 3 is 2.94 bits per heavy atom. The van der Waals surface area contributed by atoms with Gasteiger partial charge in [-0.25, -0.2) is 0 Å². The van der Waals surface area contributed by atoms with Crippen LogP contribution in [0.1, 0.15) is 31.9 Å². The van der Waals surface area contributed by atoms with Crippen LogP contribution in [0.4, 0.5) is 5.69 Å². The first-order chi connectivity index (χ1) is 8.65. The summed E-state index contributed by atoms with van der Waals surface area (Å²) in [4.78, 5) is 11.3. The molecular weight excluding hydrogens is 228 g/mol. The third-order valence-corrected chi connectivity index (χ3v) is 3.52. The number of hydrogen-bond donors (Lipinski definition) is 2. The van der Waals surface area contributed by atoms with Crippen molar-refractivity contribution in [2.45, 2.75) is 26.3 Å². The maximum absolute atomic E-state index is 11.3. The van der Waals surface area contributed by atoms with Gasteiger partial charge in [0.15, 0.2) is 6.61 Å². The van der Waals surface area contributed by atoms with E-state index in [-0.39, 0.29) is 12.5 Å². The lowest BCUT2D eigenvalue weighted by Crippen LogP contribution is -2.27. The Bertz CT molecular complexity index is 445. The summed E-state index contributed by atoms with van der Waals surface area (Å²) in [6.45, 7) is 4.50. The fraction of sp³-hybridized carbons (Fsp3) is 0.500. The van der Waals surface area contributed by atoms with Crippen LogP contribution >= 0.6 is 0 Å². The van der Waals surface area contributed by atoms with Gasteiger partial charge in [-0.15, -0.1) is 0 Å². The Hall–Kier alpha value is -1.55. The largest absolute Gasteiger partial charge is 0.482 e. The van der Waals surface area contributed by atoms with Crippen molar-refractivity contribution in [3.05, 3.63) is 23.8 Å². The first-order valence-electron chi connectivity index (χ1n) is 6.39. The molecule has 1 aromatic rings. The molecule has 0 fully saturated rings. The minimum atomic E-state index is -0.0933. The average Bonchev–Trinajstić information content (AvgIpc) is 2.38. The van der Waals surface area contributed by atoms with E-state index in [1.165, 1.54) is 5.56 Å². The minimum absolute atomic E-state index is 0.0933. The highest BCUT2D eigenvalue weighted by Crippen LogP contribution is 2.33. The highest BCUT2D eigenvalue weighted by molar-refractivity contribution is 5.95. The van der Waals surface area contributed by atoms with Gasteiger partial charge < -0.3 is 15.4 Å². The second-order valence-electron chi connectivity index (χ2n) is 4.74. The molecule has 1 aromatic carbocycles. The molecule has 1 amide bonds. The van der Waals surface area contributed by atoms with Gasteiger partial charge in [0.1, 0.15) is 5.75 Å². The highest BCUT2D eigenvalue weighted by atomic mass is 16.5. The molecule has 4 nitrogen and oxygen atoms in total. The van der Waals surface area contributed by atoms with Crippen molar-refractivity contribution in [2.24, 2.45) is 5.92 Å². The highest BCUT2D eigenvalue weighted by Gasteiger charge is 2.20. The zero-order valence-electron chi connectivity index (χ0n) is 11.1. The summed E-state index contributed by atoms with van der Waals surface area (Å²) in [6.07, 6.45) is 1.10. The number of anilines is 1. The number of carbonyl (C=O) groups excluding carboxylic acids is 1. The first kappa shape index (κ1) is 12.9. The van der Waals surface area contributed by atoms with Crippen LogP contribution in [0.2, 0.25) is 0 Å². The van der Waals surface area contributed by atoms with E-state index < -0.39 is 0 Å². The number of hydrogen-bond acceptors (Lipinski definition) is 3. The number of nitrogens with one attached hydrogen (secondary N) is 2. The van der Waals surface area contributed by atoms with Gasteiger partial charge in [-0.05, 0) is 30.7 Å². The van der Waals surface area contributed by atoms with E-state index in [4.69, 9.17) is 4.74 Å². The average molecular weight is 248 g/mol. The smallest absolute Gasteiger partial charge is 0.262 e. The molecule has 2 rings (SSSR count). The molecule has 4 heteroatoms. The van der Waals surface area contributed by atoms with E-state index in [0.29, 0.717) is 12.0 Å². The maximum Gasteiger partial charge on any atom is 0.262 e. The van der Waals surface area contributed by atoms with Gasteiger partial charge in [-0.3, -0.25) is 4.79 Å². The van der Waals surface area contributed by atoms with E-state index >= 15 is 0 Å². The van der Waals surface area contributed by atoms with Crippen LogP contribution in [-0.4, -0.2) is 19.6 Å². The van der Waals surface area contributed by atoms with Crippen LogP contribution in [0.3, 0.4) is 0 Å². The molecule has 0 aliphatic carbocycles. The van der Waals surface area contributed by atoms with E-state index in [1.807, 2.05) is 19.2 Å². The van der Waals surface area contributed by atoms with Gasteiger partial charge in [-0.1, -0.05) is 26.3 Å². The molecule has 0 aromatic heterocycles. The second-order valence-corrected chi connectivity index (χ2v) is 4.74. The number of fused-ring (bicyclic) bond motifs is 1. The quantitative estimate of drug-likeness (QED) is 0.859. The summed E-state index contributed by atoms with van der Waals surface area (Å²) in [5, 5.41) is 6.18. The molecule has 1 aliphatic rings. The van der Waals surface area contributed by atoms with Gasteiger partial charge in [-0.2, -0.15) is 0 Å². The second kappa shape index (κ2) is 5.40. The minimum Gasteiger partial charge on any atom is -0.482 e. The SMILES string of the molecule is CCC(C)C(NC)c1ccc2c(c1)NC(=O)CO2. The Morgan fingerprint density at radius 2 is 2.28 bits per heavy atom. The van der Waals surface area contributed by atoms with Crippen molar-refractivity contribution < 1.29 is 9.53 Å². The molecule has 1 aliphatic heterocycles. The molecule has 1 heterocycles. The van der Waals surface area contributed by atoms with Crippen LogP contribution < -0.4 is 15.4 Å². The molecule has 0 saturated carbocycles. The molecule has 0 radical (unpaired) electrons. The number of ether oxygens (including phenoxy) is 1. The number of benzene rings is 1. The van der Waals surface area contributed by atoms with Crippen molar-refractivity contribution in [3.63, 3.8) is 0 Å². The number of carbonyl (C=O) groups is 1. The van der Waals surface area contributed by atoms with Gasteiger partial charge >= 0.3 is 0 Å². The van der Waals surface area contributed by atoms with Crippen LogP contribution in [0.25, 0.3) is 0 Å². The summed E-state index contributed by atoms with van der Waals surface area (Å²) < 4.78 is 5.36. The summed E-state index contributed by atoms with van der Waals surface area (Å²) in [5.41, 5.74) is 1.95. The molecular formula is C14H20N2O2. The topological polar surface area (TPSA) is 50.4 Å². The fourth-order valence-corrected chi connectivity index (χ4v) is 2.31. The van der Waals surface area contributed by atoms with E-state index in [1.54, 1.807) is 0 Å². The predicted molar refractivity (Wildman–Crippen MR) is 71.8 cm³/mol. The van der Waals surface area contributed by atoms with E-state index in [9.17, 15) is 4.79 Å². The van der Waals surface area contributed by atoms with Crippen molar-refractivity contribution in [2.75, 3.05) is 19.0 Å². The Kier molecular flexibility index (Phi) is 3.87. The summed E-state index contributed by atoms with van der Waals surface area (Å²) >= 11 is 0. The van der Waals surface area contributed by atoms with Crippen LogP contribution in [-0.2, 0) is 4.79 Å². The van der Waals surface area contributed by atoms with Crippen molar-refractivity contribution in [1.29, 1.82) is 0 Å². The molecule has 98 valence electrons. The fourth-order valence-electron chi connectivity index (χ4n) is 2.31. The number of rotatable bonds is 4. The molecule has 18 heavy (non-hydrogen) atoms. The third-order valence-electron chi connectivity index (χ3n) is 3.52. The van der Waals surface area contributed by atoms with Gasteiger partial charge in [0.2, 0.25) is 0 Å². The molecule has 2 atom stereocenters. The van der Waals surface area contributed by atoms with Gasteiger partial charge in [0, 0.05) is 6.04 Å². The molecule has 0 bridgehead atoms. The zero-order chi connectivity index (χ0) is 13.1. The lowest BCUT2D eigenvalue weighted by atomic mass is 9.92. The Morgan fingerprint density at radius 1 is 1.50 bits per heavy atom. The normalized spacial score (nSPS) is 17.4. The Labute approximate surface area is 108 Å². The molecule has 2 N–H and O–H groups in total. The standard InChI is InChI=1S/C14H20N2O2/c1-4-9(2)14(15-3)10-5-6-12-11(7-10)16-13(17)8-18-12/h5-7,9,14-15H,4,8H2,1-3H3,(H,16,17). The maximum atomic E-state index is 11.3. The lowest BCUT2D eigenvalue weighted by molar-refractivity contribution is -0.118. The predicted octanol–water partition coefficient (Wildman–Crippen LogP) is 2.32. The van der Waals surface area contributed by atoms with Crippen LogP contribution in [0, 0.1) is 5.92 Å². The summed E-state index contributed by atoms with van der Waals surface area (Å²) in [7, 11) is 1.96. The van der Waals surface area contributed by atoms with Crippen molar-refractivity contribution >= 4 is 11.6 Å².